The molecule has 0 N–H and O–H groups in total. The molecule has 0 atom stereocenters. The number of benzene rings is 2. The third-order valence-electron chi connectivity index (χ3n) is 4.66. The molecule has 0 saturated heterocycles. The molecule has 29 heavy (non-hydrogen) atoms. The highest BCUT2D eigenvalue weighted by molar-refractivity contribution is 7.16. The zero-order valence-corrected chi connectivity index (χ0v) is 17.0. The molecule has 4 rings (SSSR count). The third kappa shape index (κ3) is 3.88. The topological polar surface area (TPSA) is 79.1 Å². The second kappa shape index (κ2) is 8.08. The van der Waals surface area contributed by atoms with Crippen LogP contribution in [0.25, 0.3) is 10.2 Å². The molecular weight excluding hydrogens is 392 g/mol. The minimum Gasteiger partial charge on any atom is -0.486 e. The average Bonchev–Trinajstić information content (AvgIpc) is 3.08. The Morgan fingerprint density at radius 3 is 2.69 bits per heavy atom. The Morgan fingerprint density at radius 2 is 1.93 bits per heavy atom. The molecule has 0 saturated carbocycles. The van der Waals surface area contributed by atoms with Crippen molar-refractivity contribution >= 4 is 33.4 Å². The fourth-order valence-corrected chi connectivity index (χ4v) is 4.19. The monoisotopic (exact) mass is 412 g/mol. The van der Waals surface area contributed by atoms with E-state index in [1.807, 2.05) is 12.1 Å². The number of hydrogen-bond acceptors (Lipinski definition) is 6. The molecule has 0 fully saturated rings. The van der Waals surface area contributed by atoms with Crippen molar-refractivity contribution in [3.8, 4) is 11.5 Å². The first-order chi connectivity index (χ1) is 14.1. The summed E-state index contributed by atoms with van der Waals surface area (Å²) in [5.41, 5.74) is 2.41. The van der Waals surface area contributed by atoms with Crippen molar-refractivity contribution < 1.29 is 23.8 Å². The van der Waals surface area contributed by atoms with Gasteiger partial charge in [-0.05, 0) is 42.3 Å². The van der Waals surface area contributed by atoms with Gasteiger partial charge in [0.25, 0.3) is 5.91 Å². The number of carbonyl (C=O) groups is 2. The lowest BCUT2D eigenvalue weighted by Crippen LogP contribution is -2.22. The van der Waals surface area contributed by atoms with Gasteiger partial charge in [-0.25, -0.2) is 0 Å². The number of esters is 1. The van der Waals surface area contributed by atoms with E-state index in [0.29, 0.717) is 35.1 Å². The van der Waals surface area contributed by atoms with Gasteiger partial charge in [0, 0.05) is 5.56 Å². The third-order valence-corrected chi connectivity index (χ3v) is 5.70. The van der Waals surface area contributed by atoms with Crippen molar-refractivity contribution in [3.05, 3.63) is 52.3 Å². The van der Waals surface area contributed by atoms with Gasteiger partial charge in [0.05, 0.1) is 17.3 Å². The maximum atomic E-state index is 12.8. The molecule has 8 heteroatoms. The van der Waals surface area contributed by atoms with Crippen molar-refractivity contribution in [1.82, 2.24) is 4.57 Å². The fraction of sp³-hybridized carbons (Fsp3) is 0.286. The summed E-state index contributed by atoms with van der Waals surface area (Å²) in [4.78, 5) is 29.5. The van der Waals surface area contributed by atoms with Crippen LogP contribution >= 0.6 is 11.3 Å². The van der Waals surface area contributed by atoms with Crippen LogP contribution in [-0.2, 0) is 22.5 Å². The predicted molar refractivity (Wildman–Crippen MR) is 109 cm³/mol. The van der Waals surface area contributed by atoms with Crippen LogP contribution in [0.2, 0.25) is 0 Å². The van der Waals surface area contributed by atoms with E-state index in [0.717, 1.165) is 16.6 Å². The number of aryl methyl sites for hydroxylation is 1. The maximum absolute atomic E-state index is 12.8. The van der Waals surface area contributed by atoms with E-state index >= 15 is 0 Å². The predicted octanol–water partition coefficient (Wildman–Crippen LogP) is 2.95. The summed E-state index contributed by atoms with van der Waals surface area (Å²) in [6.07, 6.45) is 0.896. The molecule has 0 bridgehead atoms. The van der Waals surface area contributed by atoms with Gasteiger partial charge in [-0.15, -0.1) is 0 Å². The number of carbonyl (C=O) groups excluding carboxylic acids is 2. The number of fused-ring (bicyclic) bond motifs is 2. The molecule has 0 unspecified atom stereocenters. The maximum Gasteiger partial charge on any atom is 0.325 e. The highest BCUT2D eigenvalue weighted by Gasteiger charge is 2.16. The van der Waals surface area contributed by atoms with E-state index in [1.165, 1.54) is 24.0 Å². The smallest absolute Gasteiger partial charge is 0.325 e. The SMILES string of the molecule is CCc1ccc2c(c1)sc(=NC(=O)c1ccc3c(c1)OCCO3)n2CC(=O)OC. The Hall–Kier alpha value is -3.13. The number of rotatable bonds is 4. The van der Waals surface area contributed by atoms with Crippen molar-refractivity contribution in [3.63, 3.8) is 0 Å². The van der Waals surface area contributed by atoms with Crippen LogP contribution in [0.1, 0.15) is 22.8 Å². The normalized spacial score (nSPS) is 13.5. The van der Waals surface area contributed by atoms with Crippen LogP contribution in [0.4, 0.5) is 0 Å². The van der Waals surface area contributed by atoms with Gasteiger partial charge in [0.15, 0.2) is 16.3 Å². The Morgan fingerprint density at radius 1 is 1.14 bits per heavy atom. The second-order valence-electron chi connectivity index (χ2n) is 6.48. The van der Waals surface area contributed by atoms with E-state index in [-0.39, 0.29) is 6.54 Å². The molecule has 1 aliphatic heterocycles. The second-order valence-corrected chi connectivity index (χ2v) is 7.49. The highest BCUT2D eigenvalue weighted by atomic mass is 32.1. The van der Waals surface area contributed by atoms with Crippen LogP contribution in [0.5, 0.6) is 11.5 Å². The number of amides is 1. The summed E-state index contributed by atoms with van der Waals surface area (Å²) < 4.78 is 18.5. The first kappa shape index (κ1) is 19.2. The minimum atomic E-state index is -0.414. The summed E-state index contributed by atoms with van der Waals surface area (Å²) in [5.74, 6) is 0.325. The number of nitrogens with zero attached hydrogens (tertiary/aromatic N) is 2. The number of aromatic nitrogens is 1. The standard InChI is InChI=1S/C21H20N2O5S/c1-3-13-4-6-15-18(10-13)29-21(23(15)12-19(24)26-2)22-20(25)14-5-7-16-17(11-14)28-9-8-27-16/h4-7,10-11H,3,8-9,12H2,1-2H3. The molecule has 150 valence electrons. The van der Waals surface area contributed by atoms with E-state index < -0.39 is 11.9 Å². The highest BCUT2D eigenvalue weighted by Crippen LogP contribution is 2.31. The first-order valence-corrected chi connectivity index (χ1v) is 10.1. The molecule has 0 radical (unpaired) electrons. The molecule has 1 aliphatic rings. The lowest BCUT2D eigenvalue weighted by Gasteiger charge is -2.18. The zero-order chi connectivity index (χ0) is 20.4. The van der Waals surface area contributed by atoms with E-state index in [4.69, 9.17) is 14.2 Å². The summed E-state index contributed by atoms with van der Waals surface area (Å²) in [5, 5.41) is 0. The Bertz CT molecular complexity index is 1160. The quantitative estimate of drug-likeness (QED) is 0.616. The average molecular weight is 412 g/mol. The molecule has 2 heterocycles. The van der Waals surface area contributed by atoms with Gasteiger partial charge in [-0.1, -0.05) is 24.3 Å². The van der Waals surface area contributed by atoms with Gasteiger partial charge in [0.1, 0.15) is 19.8 Å². The van der Waals surface area contributed by atoms with Gasteiger partial charge in [0.2, 0.25) is 0 Å². The Labute approximate surface area is 171 Å². The Kier molecular flexibility index (Phi) is 5.35. The lowest BCUT2D eigenvalue weighted by molar-refractivity contribution is -0.141. The molecule has 0 spiro atoms. The van der Waals surface area contributed by atoms with Crippen LogP contribution < -0.4 is 14.3 Å². The largest absolute Gasteiger partial charge is 0.486 e. The van der Waals surface area contributed by atoms with Crippen LogP contribution in [0, 0.1) is 0 Å². The summed E-state index contributed by atoms with van der Waals surface area (Å²) in [7, 11) is 1.34. The van der Waals surface area contributed by atoms with E-state index in [2.05, 4.69) is 18.0 Å². The van der Waals surface area contributed by atoms with E-state index in [9.17, 15) is 9.59 Å². The molecule has 3 aromatic rings. The summed E-state index contributed by atoms with van der Waals surface area (Å²) in [6.45, 7) is 2.99. The summed E-state index contributed by atoms with van der Waals surface area (Å²) >= 11 is 1.37. The van der Waals surface area contributed by atoms with Gasteiger partial charge in [-0.3, -0.25) is 9.59 Å². The van der Waals surface area contributed by atoms with Gasteiger partial charge in [-0.2, -0.15) is 4.99 Å². The van der Waals surface area contributed by atoms with Gasteiger partial charge >= 0.3 is 5.97 Å². The molecule has 0 aliphatic carbocycles. The van der Waals surface area contributed by atoms with E-state index in [1.54, 1.807) is 22.8 Å². The van der Waals surface area contributed by atoms with Crippen molar-refractivity contribution in [1.29, 1.82) is 0 Å². The molecule has 2 aromatic carbocycles. The van der Waals surface area contributed by atoms with Crippen molar-refractivity contribution in [2.24, 2.45) is 4.99 Å². The lowest BCUT2D eigenvalue weighted by atomic mass is 10.2. The first-order valence-electron chi connectivity index (χ1n) is 9.27. The fourth-order valence-electron chi connectivity index (χ4n) is 3.10. The molecular formula is C21H20N2O5S. The number of thiazole rings is 1. The number of hydrogen-bond donors (Lipinski definition) is 0. The summed E-state index contributed by atoms with van der Waals surface area (Å²) in [6, 6.07) is 11.0. The van der Waals surface area contributed by atoms with Crippen LogP contribution in [-0.4, -0.2) is 36.8 Å². The van der Waals surface area contributed by atoms with Gasteiger partial charge < -0.3 is 18.8 Å². The molecule has 1 amide bonds. The Balaban J connectivity index is 1.78. The van der Waals surface area contributed by atoms with Crippen LogP contribution in [0.3, 0.4) is 0 Å². The minimum absolute atomic E-state index is 0.0186. The molecule has 7 nitrogen and oxygen atoms in total. The zero-order valence-electron chi connectivity index (χ0n) is 16.1. The van der Waals surface area contributed by atoms with Crippen molar-refractivity contribution in [2.75, 3.05) is 20.3 Å². The molecule has 1 aromatic heterocycles. The number of ether oxygens (including phenoxy) is 3. The number of methoxy groups -OCH3 is 1. The van der Waals surface area contributed by atoms with Crippen molar-refractivity contribution in [2.45, 2.75) is 19.9 Å². The van der Waals surface area contributed by atoms with Crippen LogP contribution in [0.15, 0.2) is 41.4 Å².